The van der Waals surface area contributed by atoms with Crippen LogP contribution in [0.5, 0.6) is 0 Å². The molecule has 1 aromatic heterocycles. The molecule has 11 nitrogen and oxygen atoms in total. The standard InChI is InChI=1S/C38H49N5O6S/c1-5-7-17-34-39-38(20-12-21-42(25-38)36(44)29-13-8-9-14-29)37(45)43(34)23-28-18-19-31(30(22-28)24-48-6-2)32-15-10-11-16-33(32)50(46,47)41-35-26(3)27(4)49-40-35/h10-11,15-16,18-19,22,29H,5-9,12-14,17,20-21,23-25H2,1-4H3,(H,40,41)/t38-/m1/s1. The number of likely N-dealkylation sites (tertiary alicyclic amines) is 1. The molecule has 3 aromatic rings. The molecule has 12 heteroatoms. The highest BCUT2D eigenvalue weighted by molar-refractivity contribution is 7.92. The number of nitrogens with zero attached hydrogens (tertiary/aromatic N) is 4. The van der Waals surface area contributed by atoms with Gasteiger partial charge in [-0.15, -0.1) is 0 Å². The van der Waals surface area contributed by atoms with Gasteiger partial charge in [-0.25, -0.2) is 8.42 Å². The van der Waals surface area contributed by atoms with Crippen LogP contribution in [0, 0.1) is 19.8 Å². The summed E-state index contributed by atoms with van der Waals surface area (Å²) >= 11 is 0. The number of carbonyl (C=O) groups is 2. The smallest absolute Gasteiger partial charge is 0.263 e. The zero-order valence-electron chi connectivity index (χ0n) is 29.7. The first kappa shape index (κ1) is 35.8. The number of aryl methyl sites for hydroxylation is 1. The minimum atomic E-state index is -4.03. The van der Waals surface area contributed by atoms with E-state index in [9.17, 15) is 18.0 Å². The van der Waals surface area contributed by atoms with Crippen molar-refractivity contribution in [1.82, 2.24) is 15.0 Å². The van der Waals surface area contributed by atoms with E-state index in [1.54, 1.807) is 32.0 Å². The van der Waals surface area contributed by atoms with Crippen molar-refractivity contribution in [3.8, 4) is 11.1 Å². The molecule has 1 aliphatic carbocycles. The van der Waals surface area contributed by atoms with Crippen LogP contribution in [-0.2, 0) is 37.5 Å². The number of hydrogen-bond acceptors (Lipinski definition) is 8. The number of amidine groups is 1. The summed E-state index contributed by atoms with van der Waals surface area (Å²) in [5.74, 6) is 1.68. The lowest BCUT2D eigenvalue weighted by molar-refractivity contribution is -0.141. The molecular weight excluding hydrogens is 655 g/mol. The molecule has 2 aliphatic heterocycles. The number of rotatable bonds is 13. The summed E-state index contributed by atoms with van der Waals surface area (Å²) < 4.78 is 41.1. The average molecular weight is 704 g/mol. The van der Waals surface area contributed by atoms with Crippen molar-refractivity contribution in [2.75, 3.05) is 24.4 Å². The van der Waals surface area contributed by atoms with E-state index in [-0.39, 0.29) is 35.1 Å². The van der Waals surface area contributed by atoms with Crippen molar-refractivity contribution in [3.05, 3.63) is 64.9 Å². The molecule has 0 unspecified atom stereocenters. The molecular formula is C38H49N5O6S. The number of hydrogen-bond donors (Lipinski definition) is 1. The molecule has 6 rings (SSSR count). The summed E-state index contributed by atoms with van der Waals surface area (Å²) in [5, 5.41) is 3.89. The lowest BCUT2D eigenvalue weighted by atomic mass is 9.88. The van der Waals surface area contributed by atoms with Gasteiger partial charge in [-0.2, -0.15) is 0 Å². The van der Waals surface area contributed by atoms with Crippen LogP contribution in [0.2, 0.25) is 0 Å². The van der Waals surface area contributed by atoms with Gasteiger partial charge < -0.3 is 14.2 Å². The van der Waals surface area contributed by atoms with E-state index in [0.29, 0.717) is 61.5 Å². The second kappa shape index (κ2) is 15.1. The minimum absolute atomic E-state index is 0.0381. The van der Waals surface area contributed by atoms with Crippen LogP contribution >= 0.6 is 0 Å². The Bertz CT molecular complexity index is 1860. The Balaban J connectivity index is 1.29. The first-order chi connectivity index (χ1) is 24.1. The van der Waals surface area contributed by atoms with Crippen LogP contribution in [0.25, 0.3) is 11.1 Å². The highest BCUT2D eigenvalue weighted by atomic mass is 32.2. The second-order valence-corrected chi connectivity index (χ2v) is 15.5. The number of piperidine rings is 1. The Kier molecular flexibility index (Phi) is 10.8. The maximum absolute atomic E-state index is 14.4. The number of nitrogens with one attached hydrogen (secondary N) is 1. The van der Waals surface area contributed by atoms with Gasteiger partial charge in [-0.05, 0) is 75.6 Å². The number of carbonyl (C=O) groups excluding carboxylic acids is 2. The summed E-state index contributed by atoms with van der Waals surface area (Å²) in [4.78, 5) is 36.8. The van der Waals surface area contributed by atoms with Crippen LogP contribution < -0.4 is 4.72 Å². The van der Waals surface area contributed by atoms with Gasteiger partial charge in [-0.3, -0.25) is 24.2 Å². The number of aromatic nitrogens is 1. The van der Waals surface area contributed by atoms with Crippen LogP contribution in [0.15, 0.2) is 56.9 Å². The van der Waals surface area contributed by atoms with Gasteiger partial charge in [0.1, 0.15) is 11.6 Å². The third-order valence-electron chi connectivity index (χ3n) is 10.4. The monoisotopic (exact) mass is 703 g/mol. The van der Waals surface area contributed by atoms with Crippen LogP contribution in [0.4, 0.5) is 5.82 Å². The zero-order valence-corrected chi connectivity index (χ0v) is 30.5. The highest BCUT2D eigenvalue weighted by Gasteiger charge is 2.51. The lowest BCUT2D eigenvalue weighted by Gasteiger charge is -2.38. The normalized spacial score (nSPS) is 19.8. The van der Waals surface area contributed by atoms with Gasteiger partial charge in [0.15, 0.2) is 11.4 Å². The first-order valence-corrected chi connectivity index (χ1v) is 19.5. The maximum Gasteiger partial charge on any atom is 0.263 e. The molecule has 1 saturated heterocycles. The highest BCUT2D eigenvalue weighted by Crippen LogP contribution is 2.38. The fourth-order valence-corrected chi connectivity index (χ4v) is 8.75. The maximum atomic E-state index is 14.4. The summed E-state index contributed by atoms with van der Waals surface area (Å²) in [6.45, 7) is 9.60. The minimum Gasteiger partial charge on any atom is -0.377 e. The molecule has 268 valence electrons. The molecule has 1 atom stereocenters. The fourth-order valence-electron chi connectivity index (χ4n) is 7.47. The van der Waals surface area contributed by atoms with Gasteiger partial charge in [0, 0.05) is 36.6 Å². The molecule has 2 fully saturated rings. The summed E-state index contributed by atoms with van der Waals surface area (Å²) in [6, 6.07) is 12.7. The van der Waals surface area contributed by atoms with Crippen molar-refractivity contribution in [1.29, 1.82) is 0 Å². The largest absolute Gasteiger partial charge is 0.377 e. The second-order valence-electron chi connectivity index (χ2n) is 13.8. The third-order valence-corrected chi connectivity index (χ3v) is 11.8. The van der Waals surface area contributed by atoms with E-state index in [2.05, 4.69) is 16.8 Å². The van der Waals surface area contributed by atoms with E-state index < -0.39 is 15.6 Å². The van der Waals surface area contributed by atoms with Gasteiger partial charge >= 0.3 is 0 Å². The van der Waals surface area contributed by atoms with E-state index in [4.69, 9.17) is 14.3 Å². The quantitative estimate of drug-likeness (QED) is 0.208. The lowest BCUT2D eigenvalue weighted by Crippen LogP contribution is -2.55. The zero-order chi connectivity index (χ0) is 35.5. The van der Waals surface area contributed by atoms with Crippen molar-refractivity contribution in [2.24, 2.45) is 10.9 Å². The molecule has 2 aromatic carbocycles. The predicted octanol–water partition coefficient (Wildman–Crippen LogP) is 6.78. The van der Waals surface area contributed by atoms with E-state index in [0.717, 1.165) is 61.9 Å². The number of benzene rings is 2. The summed E-state index contributed by atoms with van der Waals surface area (Å²) in [7, 11) is -4.03. The Morgan fingerprint density at radius 2 is 1.86 bits per heavy atom. The van der Waals surface area contributed by atoms with E-state index in [1.807, 2.05) is 41.0 Å². The molecule has 50 heavy (non-hydrogen) atoms. The van der Waals surface area contributed by atoms with Crippen molar-refractivity contribution >= 4 is 33.5 Å². The summed E-state index contributed by atoms with van der Waals surface area (Å²) in [5.41, 5.74) is 2.61. The molecule has 2 amide bonds. The van der Waals surface area contributed by atoms with Gasteiger partial charge in [-0.1, -0.05) is 67.7 Å². The third kappa shape index (κ3) is 7.23. The predicted molar refractivity (Wildman–Crippen MR) is 192 cm³/mol. The molecule has 1 saturated carbocycles. The molecule has 3 aliphatic rings. The number of aliphatic imine (C=N–C) groups is 1. The van der Waals surface area contributed by atoms with Crippen LogP contribution in [0.1, 0.15) is 94.1 Å². The number of amides is 2. The number of anilines is 1. The molecule has 1 N–H and O–H groups in total. The van der Waals surface area contributed by atoms with Gasteiger partial charge in [0.2, 0.25) is 5.91 Å². The SMILES string of the molecule is CCCCC1=N[C@@]2(CCCN(C(=O)C3CCCC3)C2)C(=O)N1Cc1ccc(-c2ccccc2S(=O)(=O)Nc2noc(C)c2C)c(COCC)c1. The Morgan fingerprint density at radius 1 is 1.08 bits per heavy atom. The molecule has 3 heterocycles. The van der Waals surface area contributed by atoms with Crippen LogP contribution in [-0.4, -0.2) is 66.3 Å². The molecule has 0 radical (unpaired) electrons. The topological polar surface area (TPSA) is 134 Å². The Hall–Kier alpha value is -4.03. The number of unbranched alkanes of at least 4 members (excludes halogenated alkanes) is 1. The summed E-state index contributed by atoms with van der Waals surface area (Å²) in [6.07, 6.45) is 8.00. The molecule has 1 spiro atoms. The Labute approximate surface area is 295 Å². The number of ether oxygens (including phenoxy) is 1. The van der Waals surface area contributed by atoms with E-state index >= 15 is 0 Å². The fraction of sp³-hybridized carbons (Fsp3) is 0.526. The van der Waals surface area contributed by atoms with Crippen molar-refractivity contribution in [3.63, 3.8) is 0 Å². The number of sulfonamides is 1. The van der Waals surface area contributed by atoms with E-state index in [1.165, 1.54) is 0 Å². The average Bonchev–Trinajstić information content (AvgIpc) is 3.83. The van der Waals surface area contributed by atoms with Crippen LogP contribution in [0.3, 0.4) is 0 Å². The Morgan fingerprint density at radius 3 is 2.58 bits per heavy atom. The van der Waals surface area contributed by atoms with Gasteiger partial charge in [0.25, 0.3) is 15.9 Å². The first-order valence-electron chi connectivity index (χ1n) is 18.0. The molecule has 0 bridgehead atoms. The van der Waals surface area contributed by atoms with Crippen molar-refractivity contribution in [2.45, 2.75) is 109 Å². The van der Waals surface area contributed by atoms with Crippen molar-refractivity contribution < 1.29 is 27.3 Å². The van der Waals surface area contributed by atoms with Gasteiger partial charge in [0.05, 0.1) is 24.6 Å².